The lowest BCUT2D eigenvalue weighted by Crippen LogP contribution is -2.05. The Balaban J connectivity index is 1.70. The van der Waals surface area contributed by atoms with Crippen LogP contribution in [-0.4, -0.2) is 7.11 Å². The van der Waals surface area contributed by atoms with Crippen molar-refractivity contribution in [1.29, 1.82) is 5.26 Å². The van der Waals surface area contributed by atoms with Crippen molar-refractivity contribution in [2.24, 2.45) is 0 Å². The Morgan fingerprint density at radius 3 is 2.69 bits per heavy atom. The van der Waals surface area contributed by atoms with Gasteiger partial charge in [-0.1, -0.05) is 0 Å². The number of ether oxygens (including phenoxy) is 2. The molecule has 130 valence electrons. The highest BCUT2D eigenvalue weighted by molar-refractivity contribution is 5.82. The van der Waals surface area contributed by atoms with E-state index in [1.165, 1.54) is 24.3 Å². The van der Waals surface area contributed by atoms with Crippen LogP contribution in [0.4, 0.5) is 0 Å². The van der Waals surface area contributed by atoms with Gasteiger partial charge in [-0.25, -0.2) is 4.79 Å². The fourth-order valence-corrected chi connectivity index (χ4v) is 3.43. The zero-order valence-corrected chi connectivity index (χ0v) is 14.4. The lowest BCUT2D eigenvalue weighted by molar-refractivity contribution is 0.285. The number of fused-ring (bicyclic) bond motifs is 2. The van der Waals surface area contributed by atoms with Crippen LogP contribution in [0.3, 0.4) is 0 Å². The summed E-state index contributed by atoms with van der Waals surface area (Å²) in [6, 6.07) is 12.6. The van der Waals surface area contributed by atoms with Gasteiger partial charge in [-0.05, 0) is 54.7 Å². The first kappa shape index (κ1) is 16.2. The van der Waals surface area contributed by atoms with Crippen molar-refractivity contribution in [3.63, 3.8) is 0 Å². The van der Waals surface area contributed by atoms with Gasteiger partial charge in [-0.15, -0.1) is 0 Å². The van der Waals surface area contributed by atoms with Gasteiger partial charge in [0.25, 0.3) is 0 Å². The van der Waals surface area contributed by atoms with Crippen LogP contribution in [0.15, 0.2) is 45.6 Å². The van der Waals surface area contributed by atoms with Crippen molar-refractivity contribution in [1.82, 2.24) is 0 Å². The molecule has 0 saturated heterocycles. The monoisotopic (exact) mass is 347 g/mol. The van der Waals surface area contributed by atoms with E-state index in [2.05, 4.69) is 12.1 Å². The molecule has 5 heteroatoms. The van der Waals surface area contributed by atoms with Crippen molar-refractivity contribution < 1.29 is 13.9 Å². The lowest BCUT2D eigenvalue weighted by atomic mass is 10.0. The first-order valence-electron chi connectivity index (χ1n) is 8.47. The number of nitrogens with zero attached hydrogens (tertiary/aromatic N) is 1. The van der Waals surface area contributed by atoms with Crippen molar-refractivity contribution in [2.45, 2.75) is 25.9 Å². The molecule has 1 heterocycles. The van der Waals surface area contributed by atoms with E-state index in [1.54, 1.807) is 18.2 Å². The van der Waals surface area contributed by atoms with Gasteiger partial charge in [-0.3, -0.25) is 0 Å². The highest BCUT2D eigenvalue weighted by Gasteiger charge is 2.16. The zero-order chi connectivity index (χ0) is 18.1. The van der Waals surface area contributed by atoms with E-state index in [4.69, 9.17) is 19.2 Å². The summed E-state index contributed by atoms with van der Waals surface area (Å²) >= 11 is 0. The zero-order valence-electron chi connectivity index (χ0n) is 14.4. The Kier molecular flexibility index (Phi) is 4.10. The van der Waals surface area contributed by atoms with Crippen LogP contribution in [-0.2, 0) is 19.4 Å². The summed E-state index contributed by atoms with van der Waals surface area (Å²) in [4.78, 5) is 11.9. The highest BCUT2D eigenvalue weighted by atomic mass is 16.5. The number of hydrogen-bond acceptors (Lipinski definition) is 5. The minimum Gasteiger partial charge on any atom is -0.493 e. The molecule has 0 fully saturated rings. The first-order chi connectivity index (χ1) is 12.7. The minimum atomic E-state index is -0.388. The maximum atomic E-state index is 11.9. The standard InChI is InChI=1S/C21H17NO4/c1-24-20-7-13(11-22)5-6-18(20)25-12-16-10-21(23)26-19-9-15-4-2-3-14(15)8-17(16)19/h5-10H,2-4,12H2,1H3. The number of nitriles is 1. The van der Waals surface area contributed by atoms with Gasteiger partial charge in [0.05, 0.1) is 18.7 Å². The third-order valence-electron chi connectivity index (χ3n) is 4.72. The van der Waals surface area contributed by atoms with Gasteiger partial charge in [0.2, 0.25) is 0 Å². The molecule has 1 aliphatic rings. The van der Waals surface area contributed by atoms with Crippen molar-refractivity contribution >= 4 is 11.0 Å². The van der Waals surface area contributed by atoms with Crippen LogP contribution < -0.4 is 15.1 Å². The second kappa shape index (κ2) is 6.57. The van der Waals surface area contributed by atoms with Gasteiger partial charge in [-0.2, -0.15) is 5.26 Å². The third kappa shape index (κ3) is 2.91. The summed E-state index contributed by atoms with van der Waals surface area (Å²) in [7, 11) is 1.53. The molecule has 2 aromatic carbocycles. The van der Waals surface area contributed by atoms with Crippen molar-refractivity contribution in [3.8, 4) is 17.6 Å². The summed E-state index contributed by atoms with van der Waals surface area (Å²) in [6.45, 7) is 0.211. The average Bonchev–Trinajstić information content (AvgIpc) is 3.11. The van der Waals surface area contributed by atoms with Gasteiger partial charge < -0.3 is 13.9 Å². The quantitative estimate of drug-likeness (QED) is 0.672. The van der Waals surface area contributed by atoms with Crippen LogP contribution in [0.5, 0.6) is 11.5 Å². The summed E-state index contributed by atoms with van der Waals surface area (Å²) in [5.74, 6) is 1.01. The third-order valence-corrected chi connectivity index (χ3v) is 4.72. The number of rotatable bonds is 4. The van der Waals surface area contributed by atoms with Gasteiger partial charge in [0.1, 0.15) is 12.2 Å². The Morgan fingerprint density at radius 1 is 1.12 bits per heavy atom. The maximum Gasteiger partial charge on any atom is 0.336 e. The molecule has 0 spiro atoms. The molecule has 1 aromatic heterocycles. The largest absolute Gasteiger partial charge is 0.493 e. The van der Waals surface area contributed by atoms with E-state index in [0.29, 0.717) is 22.6 Å². The smallest absolute Gasteiger partial charge is 0.336 e. The van der Waals surface area contributed by atoms with Crippen LogP contribution >= 0.6 is 0 Å². The normalized spacial score (nSPS) is 12.6. The summed E-state index contributed by atoms with van der Waals surface area (Å²) < 4.78 is 16.6. The second-order valence-corrected chi connectivity index (χ2v) is 6.33. The molecule has 0 atom stereocenters. The minimum absolute atomic E-state index is 0.211. The predicted molar refractivity (Wildman–Crippen MR) is 96.6 cm³/mol. The fraction of sp³-hybridized carbons (Fsp3) is 0.238. The molecular weight excluding hydrogens is 330 g/mol. The molecule has 26 heavy (non-hydrogen) atoms. The van der Waals surface area contributed by atoms with E-state index in [0.717, 1.165) is 30.2 Å². The number of methoxy groups -OCH3 is 1. The molecule has 0 radical (unpaired) electrons. The number of hydrogen-bond donors (Lipinski definition) is 0. The molecule has 0 amide bonds. The molecule has 4 rings (SSSR count). The molecule has 0 unspecified atom stereocenters. The lowest BCUT2D eigenvalue weighted by Gasteiger charge is -2.12. The first-order valence-corrected chi connectivity index (χ1v) is 8.47. The summed E-state index contributed by atoms with van der Waals surface area (Å²) in [5.41, 5.74) is 4.05. The van der Waals surface area contributed by atoms with Crippen LogP contribution in [0.2, 0.25) is 0 Å². The van der Waals surface area contributed by atoms with Crippen molar-refractivity contribution in [2.75, 3.05) is 7.11 Å². The fourth-order valence-electron chi connectivity index (χ4n) is 3.43. The van der Waals surface area contributed by atoms with Gasteiger partial charge >= 0.3 is 5.63 Å². The maximum absolute atomic E-state index is 11.9. The Morgan fingerprint density at radius 2 is 1.92 bits per heavy atom. The SMILES string of the molecule is COc1cc(C#N)ccc1OCc1cc(=O)oc2cc3c(cc12)CCC3. The number of benzene rings is 2. The Hall–Kier alpha value is -3.26. The van der Waals surface area contributed by atoms with E-state index >= 15 is 0 Å². The molecule has 0 saturated carbocycles. The predicted octanol–water partition coefficient (Wildman–Crippen LogP) is 3.74. The van der Waals surface area contributed by atoms with Crippen molar-refractivity contribution in [3.05, 3.63) is 69.1 Å². The molecular formula is C21H17NO4. The topological polar surface area (TPSA) is 72.5 Å². The highest BCUT2D eigenvalue weighted by Crippen LogP contribution is 2.31. The van der Waals surface area contributed by atoms with E-state index in [-0.39, 0.29) is 12.2 Å². The Labute approximate surface area is 150 Å². The van der Waals surface area contributed by atoms with Crippen LogP contribution in [0, 0.1) is 11.3 Å². The summed E-state index contributed by atoms with van der Waals surface area (Å²) in [5, 5.41) is 9.89. The molecule has 3 aromatic rings. The molecule has 0 N–H and O–H groups in total. The van der Waals surface area contributed by atoms with E-state index in [1.807, 2.05) is 6.07 Å². The molecule has 0 aliphatic heterocycles. The molecule has 1 aliphatic carbocycles. The number of aryl methyl sites for hydroxylation is 2. The Bertz CT molecular complexity index is 1090. The van der Waals surface area contributed by atoms with Crippen LogP contribution in [0.25, 0.3) is 11.0 Å². The van der Waals surface area contributed by atoms with Gasteiger partial charge in [0, 0.05) is 23.1 Å². The molecule has 0 bridgehead atoms. The van der Waals surface area contributed by atoms with E-state index < -0.39 is 0 Å². The van der Waals surface area contributed by atoms with Gasteiger partial charge in [0.15, 0.2) is 11.5 Å². The second-order valence-electron chi connectivity index (χ2n) is 6.33. The average molecular weight is 347 g/mol. The van der Waals surface area contributed by atoms with Crippen LogP contribution in [0.1, 0.15) is 28.7 Å². The van der Waals surface area contributed by atoms with E-state index in [9.17, 15) is 4.79 Å². The summed E-state index contributed by atoms with van der Waals surface area (Å²) in [6.07, 6.45) is 3.20. The molecule has 5 nitrogen and oxygen atoms in total.